The fraction of sp³-hybridized carbons (Fsp3) is 0.128. The van der Waals surface area contributed by atoms with Crippen LogP contribution in [0.2, 0.25) is 0 Å². The second kappa shape index (κ2) is 13.7. The van der Waals surface area contributed by atoms with Crippen LogP contribution < -0.4 is 19.1 Å². The number of rotatable bonds is 9. The average molecular weight is 700 g/mol. The summed E-state index contributed by atoms with van der Waals surface area (Å²) in [5.41, 5.74) is 2.94. The third-order valence-electron chi connectivity index (χ3n) is 8.52. The zero-order valence-corrected chi connectivity index (χ0v) is 28.2. The molecule has 1 atom stereocenters. The molecule has 9 nitrogen and oxygen atoms in total. The fourth-order valence-corrected chi connectivity index (χ4v) is 7.99. The lowest BCUT2D eigenvalue weighted by Crippen LogP contribution is -2.29. The zero-order valence-electron chi connectivity index (χ0n) is 26.5. The normalized spacial score (nSPS) is 16.6. The van der Waals surface area contributed by atoms with E-state index in [1.165, 1.54) is 28.0 Å². The Kier molecular flexibility index (Phi) is 8.66. The van der Waals surface area contributed by atoms with Gasteiger partial charge in [0.15, 0.2) is 15.8 Å². The van der Waals surface area contributed by atoms with E-state index in [9.17, 15) is 14.7 Å². The lowest BCUT2D eigenvalue weighted by Gasteiger charge is -2.23. The third kappa shape index (κ3) is 6.17. The second-order valence-electron chi connectivity index (χ2n) is 11.7. The van der Waals surface area contributed by atoms with Gasteiger partial charge < -0.3 is 19.3 Å². The number of hydrogen-bond acceptors (Lipinski definition) is 10. The molecule has 2 aliphatic heterocycles. The van der Waals surface area contributed by atoms with Crippen molar-refractivity contribution in [3.8, 4) is 17.2 Å². The Morgan fingerprint density at radius 3 is 2.52 bits per heavy atom. The number of amides is 1. The van der Waals surface area contributed by atoms with Gasteiger partial charge in [-0.25, -0.2) is 0 Å². The first-order chi connectivity index (χ1) is 24.5. The van der Waals surface area contributed by atoms with Gasteiger partial charge >= 0.3 is 5.91 Å². The molecule has 1 amide bonds. The van der Waals surface area contributed by atoms with E-state index in [0.29, 0.717) is 58.3 Å². The molecule has 2 aliphatic rings. The predicted octanol–water partition coefficient (Wildman–Crippen LogP) is 7.96. The van der Waals surface area contributed by atoms with Gasteiger partial charge in [-0.15, -0.1) is 10.2 Å². The van der Waals surface area contributed by atoms with E-state index in [4.69, 9.17) is 14.2 Å². The Bertz CT molecular complexity index is 2270. The summed E-state index contributed by atoms with van der Waals surface area (Å²) in [5.74, 6) is 0.182. The summed E-state index contributed by atoms with van der Waals surface area (Å²) < 4.78 is 18.1. The number of ether oxygens (including phenoxy) is 3. The smallest absolute Gasteiger partial charge is 0.301 e. The molecule has 0 radical (unpaired) electrons. The van der Waals surface area contributed by atoms with Crippen LogP contribution in [0.3, 0.4) is 0 Å². The first-order valence-electron chi connectivity index (χ1n) is 15.9. The number of fused-ring (bicyclic) bond motifs is 2. The highest BCUT2D eigenvalue weighted by Crippen LogP contribution is 2.45. The molecule has 0 saturated carbocycles. The van der Waals surface area contributed by atoms with Crippen LogP contribution in [0, 0.1) is 0 Å². The van der Waals surface area contributed by atoms with Crippen LogP contribution in [0.4, 0.5) is 5.13 Å². The number of thioether (sulfide) groups is 1. The molecular weight excluding hydrogens is 671 g/mol. The molecule has 11 heteroatoms. The maximum atomic E-state index is 13.9. The number of aliphatic hydroxyl groups is 1. The molecule has 1 fully saturated rings. The molecule has 3 heterocycles. The number of aliphatic hydroxyl groups excluding tert-OH is 1. The molecule has 0 spiro atoms. The molecule has 248 valence electrons. The lowest BCUT2D eigenvalue weighted by atomic mass is 9.95. The summed E-state index contributed by atoms with van der Waals surface area (Å²) in [4.78, 5) is 29.1. The summed E-state index contributed by atoms with van der Waals surface area (Å²) in [7, 11) is 0. The number of hydrogen-bond donors (Lipinski definition) is 1. The highest BCUT2D eigenvalue weighted by Gasteiger charge is 2.48. The van der Waals surface area contributed by atoms with Crippen molar-refractivity contribution in [3.05, 3.63) is 143 Å². The van der Waals surface area contributed by atoms with Gasteiger partial charge in [0.1, 0.15) is 31.3 Å². The SMILES string of the molecule is O=C1C(=O)N(c2nnc(SCc3cccc4ccccc34)s2)[C@@H](c2cccc(OCc3ccccc3)c2)C1=C(O)c1ccc2c(c1)OCCO2. The van der Waals surface area contributed by atoms with Crippen molar-refractivity contribution in [1.29, 1.82) is 0 Å². The summed E-state index contributed by atoms with van der Waals surface area (Å²) in [6.45, 7) is 1.10. The molecule has 5 aromatic carbocycles. The molecule has 6 aromatic rings. The van der Waals surface area contributed by atoms with Crippen molar-refractivity contribution in [2.75, 3.05) is 18.1 Å². The molecule has 1 aromatic heterocycles. The van der Waals surface area contributed by atoms with E-state index in [2.05, 4.69) is 34.5 Å². The standard InChI is InChI=1S/C39H29N3O6S2/c43-35(27-16-17-31-32(21-27)47-19-18-46-31)33-34(26-12-7-14-29(20-26)48-22-24-8-2-1-3-9-24)42(37(45)36(33)44)38-40-41-39(50-38)49-23-28-13-6-11-25-10-4-5-15-30(25)28/h1-17,20-21,34,43H,18-19,22-23H2/t34-/m0/s1. The van der Waals surface area contributed by atoms with Crippen molar-refractivity contribution in [1.82, 2.24) is 10.2 Å². The number of benzene rings is 5. The number of anilines is 1. The quantitative estimate of drug-likeness (QED) is 0.0528. The van der Waals surface area contributed by atoms with Gasteiger partial charge in [0, 0.05) is 11.3 Å². The van der Waals surface area contributed by atoms with Gasteiger partial charge in [-0.05, 0) is 57.8 Å². The Hall–Kier alpha value is -5.65. The van der Waals surface area contributed by atoms with Crippen LogP contribution in [-0.4, -0.2) is 40.2 Å². The molecule has 0 bridgehead atoms. The van der Waals surface area contributed by atoms with E-state index in [-0.39, 0.29) is 16.5 Å². The predicted molar refractivity (Wildman–Crippen MR) is 193 cm³/mol. The molecule has 0 aliphatic carbocycles. The first kappa shape index (κ1) is 31.6. The molecular formula is C39H29N3O6S2. The van der Waals surface area contributed by atoms with Crippen molar-refractivity contribution >= 4 is 56.5 Å². The van der Waals surface area contributed by atoms with E-state index in [0.717, 1.165) is 21.9 Å². The number of carbonyl (C=O) groups is 2. The Morgan fingerprint density at radius 2 is 1.64 bits per heavy atom. The third-order valence-corrected chi connectivity index (χ3v) is 10.6. The number of carbonyl (C=O) groups excluding carboxylic acids is 2. The maximum absolute atomic E-state index is 13.9. The van der Waals surface area contributed by atoms with Crippen molar-refractivity contribution in [2.45, 2.75) is 22.7 Å². The minimum absolute atomic E-state index is 0.0768. The van der Waals surface area contributed by atoms with Crippen LogP contribution in [0.15, 0.2) is 125 Å². The lowest BCUT2D eigenvalue weighted by molar-refractivity contribution is -0.132. The van der Waals surface area contributed by atoms with Gasteiger partial charge in [0.05, 0.1) is 11.6 Å². The minimum atomic E-state index is -1.01. The van der Waals surface area contributed by atoms with E-state index >= 15 is 0 Å². The summed E-state index contributed by atoms with van der Waals surface area (Å²) in [6.07, 6.45) is 0. The molecule has 8 rings (SSSR count). The Balaban J connectivity index is 1.15. The second-order valence-corrected chi connectivity index (χ2v) is 13.8. The van der Waals surface area contributed by atoms with Gasteiger partial charge in [-0.3, -0.25) is 14.5 Å². The minimum Gasteiger partial charge on any atom is -0.507 e. The number of nitrogens with zero attached hydrogens (tertiary/aromatic N) is 3. The number of Topliss-reactive ketones (excluding diaryl/α,β-unsaturated/α-hetero) is 1. The molecule has 1 saturated heterocycles. The van der Waals surface area contributed by atoms with Crippen molar-refractivity contribution in [3.63, 3.8) is 0 Å². The monoisotopic (exact) mass is 699 g/mol. The first-order valence-corrected chi connectivity index (χ1v) is 17.7. The van der Waals surface area contributed by atoms with E-state index in [1.807, 2.05) is 54.6 Å². The number of aromatic nitrogens is 2. The van der Waals surface area contributed by atoms with Gasteiger partial charge in [-0.1, -0.05) is 108 Å². The summed E-state index contributed by atoms with van der Waals surface area (Å²) in [5, 5.41) is 23.1. The average Bonchev–Trinajstić information content (AvgIpc) is 3.74. The van der Waals surface area contributed by atoms with Gasteiger partial charge in [0.25, 0.3) is 5.78 Å². The van der Waals surface area contributed by atoms with Crippen LogP contribution in [0.5, 0.6) is 17.2 Å². The Morgan fingerprint density at radius 1 is 0.860 bits per heavy atom. The number of ketones is 1. The van der Waals surface area contributed by atoms with Crippen LogP contribution >= 0.6 is 23.1 Å². The van der Waals surface area contributed by atoms with Crippen LogP contribution in [0.1, 0.15) is 28.3 Å². The maximum Gasteiger partial charge on any atom is 0.301 e. The fourth-order valence-electron chi connectivity index (χ4n) is 6.12. The van der Waals surface area contributed by atoms with Gasteiger partial charge in [0.2, 0.25) is 5.13 Å². The molecule has 0 unspecified atom stereocenters. The largest absolute Gasteiger partial charge is 0.507 e. The molecule has 50 heavy (non-hydrogen) atoms. The van der Waals surface area contributed by atoms with Crippen molar-refractivity contribution in [2.24, 2.45) is 0 Å². The Labute approximate surface area is 295 Å². The van der Waals surface area contributed by atoms with Gasteiger partial charge in [-0.2, -0.15) is 0 Å². The summed E-state index contributed by atoms with van der Waals surface area (Å²) in [6, 6.07) is 35.3. The van der Waals surface area contributed by atoms with Crippen LogP contribution in [-0.2, 0) is 21.9 Å². The van der Waals surface area contributed by atoms with E-state index in [1.54, 1.807) is 36.4 Å². The molecule has 1 N–H and O–H groups in total. The zero-order chi connectivity index (χ0) is 34.0. The summed E-state index contributed by atoms with van der Waals surface area (Å²) >= 11 is 2.73. The highest BCUT2D eigenvalue weighted by atomic mass is 32.2. The topological polar surface area (TPSA) is 111 Å². The van der Waals surface area contributed by atoms with Crippen LogP contribution in [0.25, 0.3) is 16.5 Å². The highest BCUT2D eigenvalue weighted by molar-refractivity contribution is 8.00. The van der Waals surface area contributed by atoms with Crippen molar-refractivity contribution < 1.29 is 28.9 Å². The van der Waals surface area contributed by atoms with E-state index < -0.39 is 17.7 Å².